The molecule has 1 atom stereocenters. The lowest BCUT2D eigenvalue weighted by molar-refractivity contribution is 0.133. The Hall–Kier alpha value is -1.16. The topological polar surface area (TPSA) is 48.9 Å². The summed E-state index contributed by atoms with van der Waals surface area (Å²) in [5.74, 6) is 0.890. The van der Waals surface area contributed by atoms with E-state index in [1.54, 1.807) is 0 Å². The minimum absolute atomic E-state index is 0. The van der Waals surface area contributed by atoms with Crippen LogP contribution in [-0.2, 0) is 11.2 Å². The number of likely N-dealkylation sites (tertiary alicyclic amines) is 1. The van der Waals surface area contributed by atoms with Gasteiger partial charge in [0.05, 0.1) is 12.6 Å². The van der Waals surface area contributed by atoms with Crippen molar-refractivity contribution < 1.29 is 4.74 Å². The Labute approximate surface area is 208 Å². The smallest absolute Gasteiger partial charge is 0.191 e. The second-order valence-electron chi connectivity index (χ2n) is 7.71. The quantitative estimate of drug-likeness (QED) is 0.172. The summed E-state index contributed by atoms with van der Waals surface area (Å²) in [5.41, 5.74) is 1.34. The molecule has 0 saturated carbocycles. The van der Waals surface area contributed by atoms with Crippen LogP contribution < -0.4 is 10.6 Å². The van der Waals surface area contributed by atoms with Gasteiger partial charge in [0.15, 0.2) is 5.96 Å². The minimum atomic E-state index is 0. The van der Waals surface area contributed by atoms with E-state index < -0.39 is 0 Å². The minimum Gasteiger partial charge on any atom is -0.381 e. The molecular weight excluding hydrogens is 519 g/mol. The van der Waals surface area contributed by atoms with Crippen LogP contribution >= 0.6 is 35.3 Å². The third-order valence-electron chi connectivity index (χ3n) is 5.53. The molecule has 172 valence electrons. The summed E-state index contributed by atoms with van der Waals surface area (Å²) in [4.78, 5) is 8.43. The number of hydrogen-bond acceptors (Lipinski definition) is 4. The molecule has 0 bridgehead atoms. The third kappa shape index (κ3) is 9.47. The normalized spacial score (nSPS) is 15.5. The molecule has 2 heterocycles. The molecule has 1 aromatic heterocycles. The average molecular weight is 557 g/mol. The summed E-state index contributed by atoms with van der Waals surface area (Å²) in [5, 5.41) is 9.16. The molecule has 3 rings (SSSR count). The first-order valence-corrected chi connectivity index (χ1v) is 12.1. The van der Waals surface area contributed by atoms with E-state index in [9.17, 15) is 0 Å². The number of rotatable bonds is 12. The van der Waals surface area contributed by atoms with Crippen LogP contribution in [0.4, 0.5) is 0 Å². The second-order valence-corrected chi connectivity index (χ2v) is 8.69. The molecular formula is C24H37IN4OS. The Morgan fingerprint density at radius 1 is 1.06 bits per heavy atom. The van der Waals surface area contributed by atoms with Gasteiger partial charge in [0, 0.05) is 31.6 Å². The average Bonchev–Trinajstić information content (AvgIpc) is 3.50. The van der Waals surface area contributed by atoms with Crippen LogP contribution in [0.2, 0.25) is 0 Å². The fraction of sp³-hybridized carbons (Fsp3) is 0.542. The number of nitrogens with one attached hydrogen (secondary N) is 2. The third-order valence-corrected chi connectivity index (χ3v) is 6.50. The van der Waals surface area contributed by atoms with Crippen LogP contribution in [0.5, 0.6) is 0 Å². The first-order valence-electron chi connectivity index (χ1n) is 11.2. The van der Waals surface area contributed by atoms with Crippen molar-refractivity contribution in [1.29, 1.82) is 0 Å². The van der Waals surface area contributed by atoms with Crippen LogP contribution in [0.1, 0.15) is 42.2 Å². The molecule has 0 radical (unpaired) electrons. The summed E-state index contributed by atoms with van der Waals surface area (Å²) in [6.07, 6.45) is 5.74. The van der Waals surface area contributed by atoms with Gasteiger partial charge in [0.1, 0.15) is 0 Å². The van der Waals surface area contributed by atoms with Gasteiger partial charge in [-0.1, -0.05) is 36.4 Å². The molecule has 1 unspecified atom stereocenters. The van der Waals surface area contributed by atoms with Crippen molar-refractivity contribution in [2.45, 2.75) is 38.1 Å². The molecule has 1 aliphatic heterocycles. The van der Waals surface area contributed by atoms with Crippen LogP contribution in [0.15, 0.2) is 52.8 Å². The zero-order valence-corrected chi connectivity index (χ0v) is 21.7. The Kier molecular flexibility index (Phi) is 13.1. The zero-order chi connectivity index (χ0) is 20.9. The van der Waals surface area contributed by atoms with E-state index in [0.717, 1.165) is 51.5 Å². The number of unbranched alkanes of at least 4 members (excludes halogenated alkanes) is 1. The molecule has 1 aromatic carbocycles. The summed E-state index contributed by atoms with van der Waals surface area (Å²) < 4.78 is 5.77. The van der Waals surface area contributed by atoms with E-state index in [0.29, 0.717) is 6.04 Å². The van der Waals surface area contributed by atoms with Gasteiger partial charge < -0.3 is 15.4 Å². The predicted molar refractivity (Wildman–Crippen MR) is 143 cm³/mol. The molecule has 7 heteroatoms. The summed E-state index contributed by atoms with van der Waals surface area (Å²) in [6, 6.07) is 15.3. The lowest BCUT2D eigenvalue weighted by Gasteiger charge is -2.27. The molecule has 2 N–H and O–H groups in total. The highest BCUT2D eigenvalue weighted by Gasteiger charge is 2.24. The number of nitrogens with zero attached hydrogens (tertiary/aromatic N) is 2. The molecule has 0 spiro atoms. The molecule has 0 aliphatic carbocycles. The summed E-state index contributed by atoms with van der Waals surface area (Å²) in [7, 11) is 1.85. The van der Waals surface area contributed by atoms with E-state index in [1.165, 1.54) is 36.4 Å². The lowest BCUT2D eigenvalue weighted by Crippen LogP contribution is -2.42. The monoisotopic (exact) mass is 556 g/mol. The fourth-order valence-corrected chi connectivity index (χ4v) is 4.69. The number of thiophene rings is 1. The predicted octanol–water partition coefficient (Wildman–Crippen LogP) is 4.71. The van der Waals surface area contributed by atoms with Gasteiger partial charge in [0.2, 0.25) is 0 Å². The molecule has 2 aromatic rings. The van der Waals surface area contributed by atoms with Gasteiger partial charge in [-0.3, -0.25) is 9.89 Å². The van der Waals surface area contributed by atoms with Crippen molar-refractivity contribution in [3.63, 3.8) is 0 Å². The largest absolute Gasteiger partial charge is 0.381 e. The van der Waals surface area contributed by atoms with Crippen molar-refractivity contribution in [3.05, 3.63) is 58.3 Å². The van der Waals surface area contributed by atoms with E-state index in [2.05, 4.69) is 68.4 Å². The van der Waals surface area contributed by atoms with E-state index in [1.807, 2.05) is 18.4 Å². The second kappa shape index (κ2) is 15.6. The summed E-state index contributed by atoms with van der Waals surface area (Å²) >= 11 is 1.85. The van der Waals surface area contributed by atoms with E-state index in [-0.39, 0.29) is 24.0 Å². The van der Waals surface area contributed by atoms with Gasteiger partial charge in [-0.05, 0) is 62.2 Å². The lowest BCUT2D eigenvalue weighted by atomic mass is 10.2. The van der Waals surface area contributed by atoms with Crippen molar-refractivity contribution in [3.8, 4) is 0 Å². The Morgan fingerprint density at radius 3 is 2.58 bits per heavy atom. The molecule has 1 aliphatic rings. The molecule has 1 saturated heterocycles. The first kappa shape index (κ1) is 26.1. The van der Waals surface area contributed by atoms with Crippen molar-refractivity contribution in [2.75, 3.05) is 46.4 Å². The Morgan fingerprint density at radius 2 is 1.87 bits per heavy atom. The Balaban J connectivity index is 0.00000341. The molecule has 31 heavy (non-hydrogen) atoms. The van der Waals surface area contributed by atoms with Gasteiger partial charge in [-0.2, -0.15) is 0 Å². The molecule has 5 nitrogen and oxygen atoms in total. The number of hydrogen-bond donors (Lipinski definition) is 2. The Bertz CT molecular complexity index is 720. The highest BCUT2D eigenvalue weighted by molar-refractivity contribution is 14.0. The maximum absolute atomic E-state index is 5.77. The number of benzene rings is 1. The maximum atomic E-state index is 5.77. The van der Waals surface area contributed by atoms with Crippen LogP contribution in [0.3, 0.4) is 0 Å². The van der Waals surface area contributed by atoms with Gasteiger partial charge in [-0.15, -0.1) is 35.3 Å². The van der Waals surface area contributed by atoms with Crippen molar-refractivity contribution >= 4 is 41.3 Å². The first-order chi connectivity index (χ1) is 14.9. The number of guanidine groups is 1. The molecule has 1 fully saturated rings. The van der Waals surface area contributed by atoms with Crippen molar-refractivity contribution in [1.82, 2.24) is 15.5 Å². The standard InChI is InChI=1S/C24H36N4OS.HI/c1-25-24(26-14-5-8-17-29-18-13-21-10-3-2-4-11-21)27-20-22(23-12-9-19-30-23)28-15-6-7-16-28;/h2-4,9-12,19,22H,5-8,13-18,20H2,1H3,(H2,25,26,27);1H. The fourth-order valence-electron chi connectivity index (χ4n) is 3.83. The van der Waals surface area contributed by atoms with Gasteiger partial charge in [-0.25, -0.2) is 0 Å². The van der Waals surface area contributed by atoms with E-state index in [4.69, 9.17) is 4.74 Å². The van der Waals surface area contributed by atoms with E-state index >= 15 is 0 Å². The van der Waals surface area contributed by atoms with Crippen LogP contribution in [-0.4, -0.2) is 57.3 Å². The van der Waals surface area contributed by atoms with Gasteiger partial charge >= 0.3 is 0 Å². The van der Waals surface area contributed by atoms with Crippen molar-refractivity contribution in [2.24, 2.45) is 4.99 Å². The van der Waals surface area contributed by atoms with Crippen LogP contribution in [0.25, 0.3) is 0 Å². The maximum Gasteiger partial charge on any atom is 0.191 e. The highest BCUT2D eigenvalue weighted by atomic mass is 127. The summed E-state index contributed by atoms with van der Waals surface area (Å²) in [6.45, 7) is 5.80. The highest BCUT2D eigenvalue weighted by Crippen LogP contribution is 2.27. The van der Waals surface area contributed by atoms with Gasteiger partial charge in [0.25, 0.3) is 0 Å². The van der Waals surface area contributed by atoms with Crippen LogP contribution in [0, 0.1) is 0 Å². The SMILES string of the molecule is CN=C(NCCCCOCCc1ccccc1)NCC(c1cccs1)N1CCCC1.I. The number of aliphatic imine (C=N–C) groups is 1. The zero-order valence-electron chi connectivity index (χ0n) is 18.6. The number of halogens is 1. The molecule has 0 amide bonds. The number of ether oxygens (including phenoxy) is 1.